The molecular formula is C17H12F5NO2. The van der Waals surface area contributed by atoms with Gasteiger partial charge < -0.3 is 10.1 Å². The van der Waals surface area contributed by atoms with Crippen LogP contribution in [0, 0.1) is 0 Å². The quantitative estimate of drug-likeness (QED) is 0.607. The van der Waals surface area contributed by atoms with Gasteiger partial charge in [-0.2, -0.15) is 22.0 Å². The second kappa shape index (κ2) is 7.78. The first-order valence-corrected chi connectivity index (χ1v) is 6.95. The van der Waals surface area contributed by atoms with Gasteiger partial charge in [0.05, 0.1) is 5.56 Å². The zero-order valence-corrected chi connectivity index (χ0v) is 12.6. The summed E-state index contributed by atoms with van der Waals surface area (Å²) in [6, 6.07) is 9.74. The maximum Gasteiger partial charge on any atom is 0.416 e. The third kappa shape index (κ3) is 5.91. The summed E-state index contributed by atoms with van der Waals surface area (Å²) in [6.45, 7) is -2.93. The highest BCUT2D eigenvalue weighted by Crippen LogP contribution is 2.30. The SMILES string of the molecule is O=C(C=Cc1ccc(OC(F)F)cc1)Nc1cccc(C(F)(F)F)c1. The van der Waals surface area contributed by atoms with Crippen LogP contribution in [-0.2, 0) is 11.0 Å². The van der Waals surface area contributed by atoms with E-state index in [9.17, 15) is 26.7 Å². The number of carbonyl (C=O) groups is 1. The van der Waals surface area contributed by atoms with E-state index in [1.807, 2.05) is 0 Å². The average Bonchev–Trinajstić information content (AvgIpc) is 2.53. The largest absolute Gasteiger partial charge is 0.435 e. The van der Waals surface area contributed by atoms with Crippen LogP contribution >= 0.6 is 0 Å². The molecule has 0 heterocycles. The van der Waals surface area contributed by atoms with Crippen molar-refractivity contribution in [2.75, 3.05) is 5.32 Å². The molecule has 1 amide bonds. The lowest BCUT2D eigenvalue weighted by atomic mass is 10.2. The minimum Gasteiger partial charge on any atom is -0.435 e. The van der Waals surface area contributed by atoms with Crippen LogP contribution in [0.25, 0.3) is 6.08 Å². The Morgan fingerprint density at radius 3 is 2.36 bits per heavy atom. The molecule has 0 aliphatic heterocycles. The van der Waals surface area contributed by atoms with Gasteiger partial charge in [0.25, 0.3) is 0 Å². The molecule has 0 unspecified atom stereocenters. The molecule has 0 aliphatic carbocycles. The Kier molecular flexibility index (Phi) is 5.74. The number of rotatable bonds is 5. The Balaban J connectivity index is 1.99. The lowest BCUT2D eigenvalue weighted by Crippen LogP contribution is -2.10. The van der Waals surface area contributed by atoms with Gasteiger partial charge in [-0.15, -0.1) is 0 Å². The van der Waals surface area contributed by atoms with Crippen LogP contribution in [0.15, 0.2) is 54.6 Å². The number of benzene rings is 2. The van der Waals surface area contributed by atoms with E-state index in [-0.39, 0.29) is 11.4 Å². The van der Waals surface area contributed by atoms with Crippen LogP contribution in [0.4, 0.5) is 27.6 Å². The smallest absolute Gasteiger partial charge is 0.416 e. The summed E-state index contributed by atoms with van der Waals surface area (Å²) >= 11 is 0. The van der Waals surface area contributed by atoms with Crippen molar-refractivity contribution >= 4 is 17.7 Å². The Labute approximate surface area is 139 Å². The predicted octanol–water partition coefficient (Wildman–Crippen LogP) is 4.96. The lowest BCUT2D eigenvalue weighted by Gasteiger charge is -2.08. The molecule has 0 fully saturated rings. The summed E-state index contributed by atoms with van der Waals surface area (Å²) in [5.41, 5.74) is -0.338. The molecule has 0 saturated heterocycles. The van der Waals surface area contributed by atoms with Crippen molar-refractivity contribution in [3.63, 3.8) is 0 Å². The minimum absolute atomic E-state index is 0.00477. The van der Waals surface area contributed by atoms with Gasteiger partial charge in [0.2, 0.25) is 5.91 Å². The molecule has 1 N–H and O–H groups in total. The van der Waals surface area contributed by atoms with Crippen molar-refractivity contribution in [1.29, 1.82) is 0 Å². The average molecular weight is 357 g/mol. The molecule has 132 valence electrons. The van der Waals surface area contributed by atoms with E-state index in [0.717, 1.165) is 18.2 Å². The first-order chi connectivity index (χ1) is 11.7. The van der Waals surface area contributed by atoms with Crippen LogP contribution in [0.5, 0.6) is 5.75 Å². The fourth-order valence-corrected chi connectivity index (χ4v) is 1.89. The molecular weight excluding hydrogens is 345 g/mol. The van der Waals surface area contributed by atoms with Crippen molar-refractivity contribution in [3.05, 3.63) is 65.7 Å². The molecule has 0 aliphatic rings. The zero-order valence-electron chi connectivity index (χ0n) is 12.6. The summed E-state index contributed by atoms with van der Waals surface area (Å²) in [5, 5.41) is 2.31. The Morgan fingerprint density at radius 2 is 1.76 bits per heavy atom. The van der Waals surface area contributed by atoms with E-state index < -0.39 is 24.3 Å². The number of amides is 1. The lowest BCUT2D eigenvalue weighted by molar-refractivity contribution is -0.137. The molecule has 3 nitrogen and oxygen atoms in total. The minimum atomic E-state index is -4.50. The first kappa shape index (κ1) is 18.4. The maximum atomic E-state index is 12.6. The number of halogens is 5. The summed E-state index contributed by atoms with van der Waals surface area (Å²) in [6.07, 6.45) is -2.00. The van der Waals surface area contributed by atoms with E-state index in [4.69, 9.17) is 0 Å². The maximum absolute atomic E-state index is 12.6. The molecule has 8 heteroatoms. The van der Waals surface area contributed by atoms with Gasteiger partial charge in [-0.1, -0.05) is 18.2 Å². The van der Waals surface area contributed by atoms with Gasteiger partial charge in [-0.3, -0.25) is 4.79 Å². The van der Waals surface area contributed by atoms with Crippen LogP contribution in [0.2, 0.25) is 0 Å². The number of alkyl halides is 5. The fraction of sp³-hybridized carbons (Fsp3) is 0.118. The van der Waals surface area contributed by atoms with E-state index >= 15 is 0 Å². The summed E-state index contributed by atoms with van der Waals surface area (Å²) in [5.74, 6) is -0.659. The van der Waals surface area contributed by atoms with Gasteiger partial charge >= 0.3 is 12.8 Å². The highest BCUT2D eigenvalue weighted by atomic mass is 19.4. The Hall–Kier alpha value is -2.90. The standard InChI is InChI=1S/C17H12F5NO2/c18-16(19)25-14-7-4-11(5-8-14)6-9-15(24)23-13-3-1-2-12(10-13)17(20,21)22/h1-10,16H,(H,23,24). The predicted molar refractivity (Wildman–Crippen MR) is 82.2 cm³/mol. The number of nitrogens with one attached hydrogen (secondary N) is 1. The molecule has 0 atom stereocenters. The van der Waals surface area contributed by atoms with Gasteiger partial charge in [-0.25, -0.2) is 0 Å². The van der Waals surface area contributed by atoms with E-state index in [0.29, 0.717) is 5.56 Å². The zero-order chi connectivity index (χ0) is 18.4. The number of hydrogen-bond acceptors (Lipinski definition) is 2. The van der Waals surface area contributed by atoms with Gasteiger partial charge in [0.1, 0.15) is 5.75 Å². The van der Waals surface area contributed by atoms with Gasteiger partial charge in [0.15, 0.2) is 0 Å². The van der Waals surface area contributed by atoms with Crippen molar-refractivity contribution in [1.82, 2.24) is 0 Å². The summed E-state index contributed by atoms with van der Waals surface area (Å²) in [7, 11) is 0. The Bertz CT molecular complexity index is 754. The van der Waals surface area contributed by atoms with Crippen molar-refractivity contribution in [2.24, 2.45) is 0 Å². The van der Waals surface area contributed by atoms with Gasteiger partial charge in [-0.05, 0) is 42.0 Å². The van der Waals surface area contributed by atoms with Crippen LogP contribution in [0.1, 0.15) is 11.1 Å². The second-order valence-electron chi connectivity index (χ2n) is 4.85. The van der Waals surface area contributed by atoms with Crippen molar-refractivity contribution < 1.29 is 31.5 Å². The van der Waals surface area contributed by atoms with Crippen LogP contribution < -0.4 is 10.1 Å². The molecule has 0 saturated carbocycles. The molecule has 25 heavy (non-hydrogen) atoms. The fourth-order valence-electron chi connectivity index (χ4n) is 1.89. The first-order valence-electron chi connectivity index (χ1n) is 6.95. The number of anilines is 1. The third-order valence-electron chi connectivity index (χ3n) is 2.99. The molecule has 2 aromatic rings. The number of ether oxygens (including phenoxy) is 1. The monoisotopic (exact) mass is 357 g/mol. The molecule has 0 spiro atoms. The van der Waals surface area contributed by atoms with Crippen molar-refractivity contribution in [3.8, 4) is 5.75 Å². The highest BCUT2D eigenvalue weighted by molar-refractivity contribution is 6.01. The highest BCUT2D eigenvalue weighted by Gasteiger charge is 2.30. The van der Waals surface area contributed by atoms with E-state index in [1.54, 1.807) is 0 Å². The van der Waals surface area contributed by atoms with E-state index in [2.05, 4.69) is 10.1 Å². The molecule has 2 rings (SSSR count). The normalized spacial score (nSPS) is 11.8. The number of carbonyl (C=O) groups excluding carboxylic acids is 1. The van der Waals surface area contributed by atoms with Crippen LogP contribution in [0.3, 0.4) is 0 Å². The Morgan fingerprint density at radius 1 is 1.08 bits per heavy atom. The van der Waals surface area contributed by atoms with Crippen LogP contribution in [-0.4, -0.2) is 12.5 Å². The molecule has 2 aromatic carbocycles. The molecule has 0 aromatic heterocycles. The van der Waals surface area contributed by atoms with Crippen molar-refractivity contribution in [2.45, 2.75) is 12.8 Å². The summed E-state index contributed by atoms with van der Waals surface area (Å²) < 4.78 is 66.0. The molecule has 0 bridgehead atoms. The van der Waals surface area contributed by atoms with Gasteiger partial charge in [0, 0.05) is 11.8 Å². The molecule has 0 radical (unpaired) electrons. The second-order valence-corrected chi connectivity index (χ2v) is 4.85. The summed E-state index contributed by atoms with van der Waals surface area (Å²) in [4.78, 5) is 11.8. The van der Waals surface area contributed by atoms with E-state index in [1.165, 1.54) is 42.5 Å². The number of hydrogen-bond donors (Lipinski definition) is 1. The third-order valence-corrected chi connectivity index (χ3v) is 2.99. The topological polar surface area (TPSA) is 38.3 Å².